The zero-order chi connectivity index (χ0) is 16.7. The second-order valence-electron chi connectivity index (χ2n) is 4.80. The van der Waals surface area contributed by atoms with Gasteiger partial charge < -0.3 is 4.52 Å². The van der Waals surface area contributed by atoms with E-state index in [1.807, 2.05) is 0 Å². The van der Waals surface area contributed by atoms with Gasteiger partial charge in [0.15, 0.2) is 5.65 Å². The first-order valence-corrected chi connectivity index (χ1v) is 6.69. The minimum atomic E-state index is -4.69. The van der Waals surface area contributed by atoms with Crippen LogP contribution in [0.2, 0.25) is 0 Å². The van der Waals surface area contributed by atoms with E-state index in [-0.39, 0.29) is 5.82 Å². The lowest BCUT2D eigenvalue weighted by Crippen LogP contribution is -2.04. The van der Waals surface area contributed by atoms with Crippen LogP contribution in [0.5, 0.6) is 0 Å². The lowest BCUT2D eigenvalue weighted by molar-refractivity contribution is -0.159. The van der Waals surface area contributed by atoms with Crippen LogP contribution >= 0.6 is 0 Å². The fraction of sp³-hybridized carbons (Fsp3) is 0.0714. The van der Waals surface area contributed by atoms with Crippen molar-refractivity contribution in [3.63, 3.8) is 0 Å². The molecular formula is C14H7F3N6O. The molecule has 0 aliphatic heterocycles. The third kappa shape index (κ3) is 2.47. The fourth-order valence-corrected chi connectivity index (χ4v) is 2.12. The predicted octanol–water partition coefficient (Wildman–Crippen LogP) is 2.86. The first kappa shape index (κ1) is 14.3. The van der Waals surface area contributed by atoms with E-state index >= 15 is 0 Å². The number of nitrogens with zero attached hydrogens (tertiary/aromatic N) is 6. The number of pyridine rings is 1. The molecule has 0 spiro atoms. The van der Waals surface area contributed by atoms with Crippen LogP contribution in [0.4, 0.5) is 13.2 Å². The van der Waals surface area contributed by atoms with Crippen molar-refractivity contribution < 1.29 is 17.7 Å². The number of alkyl halides is 3. The van der Waals surface area contributed by atoms with Gasteiger partial charge in [0.1, 0.15) is 5.69 Å². The van der Waals surface area contributed by atoms with Crippen LogP contribution < -0.4 is 0 Å². The van der Waals surface area contributed by atoms with E-state index in [1.54, 1.807) is 29.0 Å². The summed E-state index contributed by atoms with van der Waals surface area (Å²) in [6.07, 6.45) is 0.104. The smallest absolute Gasteiger partial charge is 0.329 e. The van der Waals surface area contributed by atoms with E-state index in [1.165, 1.54) is 18.3 Å². The summed E-state index contributed by atoms with van der Waals surface area (Å²) in [5, 5.41) is 7.67. The van der Waals surface area contributed by atoms with Gasteiger partial charge in [-0.25, -0.2) is 9.50 Å². The lowest BCUT2D eigenvalue weighted by Gasteiger charge is -1.98. The molecule has 0 saturated carbocycles. The molecule has 120 valence electrons. The Bertz CT molecular complexity index is 989. The number of hydrogen-bond donors (Lipinski definition) is 0. The van der Waals surface area contributed by atoms with Gasteiger partial charge in [-0.1, -0.05) is 5.16 Å². The maximum Gasteiger partial charge on any atom is 0.471 e. The van der Waals surface area contributed by atoms with Gasteiger partial charge in [-0.2, -0.15) is 23.3 Å². The molecule has 0 aliphatic carbocycles. The molecule has 0 amide bonds. The Balaban J connectivity index is 1.74. The van der Waals surface area contributed by atoms with Crippen molar-refractivity contribution >= 4 is 5.65 Å². The number of fused-ring (bicyclic) bond motifs is 1. The topological polar surface area (TPSA) is 82.0 Å². The largest absolute Gasteiger partial charge is 0.471 e. The van der Waals surface area contributed by atoms with E-state index in [0.29, 0.717) is 22.6 Å². The Morgan fingerprint density at radius 3 is 2.67 bits per heavy atom. The normalized spacial score (nSPS) is 12.0. The zero-order valence-electron chi connectivity index (χ0n) is 11.8. The molecule has 0 N–H and O–H groups in total. The summed E-state index contributed by atoms with van der Waals surface area (Å²) in [4.78, 5) is 11.7. The first-order valence-electron chi connectivity index (χ1n) is 6.69. The summed E-state index contributed by atoms with van der Waals surface area (Å²) in [7, 11) is 0. The molecule has 0 aliphatic rings. The minimum absolute atomic E-state index is 0.173. The lowest BCUT2D eigenvalue weighted by atomic mass is 10.2. The number of hydrogen-bond acceptors (Lipinski definition) is 6. The monoisotopic (exact) mass is 332 g/mol. The average Bonchev–Trinajstić information content (AvgIpc) is 3.21. The van der Waals surface area contributed by atoms with Crippen molar-refractivity contribution in [2.45, 2.75) is 6.18 Å². The molecule has 0 aromatic carbocycles. The van der Waals surface area contributed by atoms with Gasteiger partial charge in [0.25, 0.3) is 0 Å². The van der Waals surface area contributed by atoms with Crippen LogP contribution in [0.25, 0.3) is 28.4 Å². The first-order chi connectivity index (χ1) is 11.5. The molecule has 4 aromatic rings. The van der Waals surface area contributed by atoms with Crippen LogP contribution in [-0.2, 0) is 6.18 Å². The van der Waals surface area contributed by atoms with Gasteiger partial charge in [0.05, 0.1) is 5.69 Å². The Kier molecular flexibility index (Phi) is 3.05. The van der Waals surface area contributed by atoms with Gasteiger partial charge >= 0.3 is 12.1 Å². The fourth-order valence-electron chi connectivity index (χ4n) is 2.12. The number of halogens is 3. The average molecular weight is 332 g/mol. The molecule has 0 atom stereocenters. The molecule has 24 heavy (non-hydrogen) atoms. The summed E-state index contributed by atoms with van der Waals surface area (Å²) in [5.41, 5.74) is 1.94. The number of rotatable bonds is 2. The maximum atomic E-state index is 12.6. The highest BCUT2D eigenvalue weighted by Gasteiger charge is 2.38. The molecule has 4 rings (SSSR count). The molecule has 0 radical (unpaired) electrons. The van der Waals surface area contributed by atoms with Gasteiger partial charge in [0, 0.05) is 30.2 Å². The van der Waals surface area contributed by atoms with Crippen molar-refractivity contribution in [1.29, 1.82) is 0 Å². The maximum absolute atomic E-state index is 12.6. The van der Waals surface area contributed by atoms with Gasteiger partial charge in [-0.15, -0.1) is 0 Å². The van der Waals surface area contributed by atoms with Crippen LogP contribution in [0.1, 0.15) is 5.89 Å². The SMILES string of the molecule is FC(F)(F)c1nc(-c2ccnc(-c3cc4ncccn4n3)c2)no1. The second kappa shape index (κ2) is 5.11. The third-order valence-corrected chi connectivity index (χ3v) is 3.19. The van der Waals surface area contributed by atoms with Crippen LogP contribution in [0.15, 0.2) is 47.4 Å². The van der Waals surface area contributed by atoms with E-state index in [0.717, 1.165) is 0 Å². The van der Waals surface area contributed by atoms with E-state index in [2.05, 4.69) is 29.7 Å². The van der Waals surface area contributed by atoms with Crippen molar-refractivity contribution in [3.8, 4) is 22.8 Å². The summed E-state index contributed by atoms with van der Waals surface area (Å²) >= 11 is 0. The standard InChI is InChI=1S/C14H7F3N6O/c15-14(16,17)13-20-12(22-24-13)8-2-4-18-9(6-8)10-7-11-19-3-1-5-23(11)21-10/h1-7H. The Morgan fingerprint density at radius 2 is 1.92 bits per heavy atom. The molecular weight excluding hydrogens is 325 g/mol. The van der Waals surface area contributed by atoms with E-state index < -0.39 is 12.1 Å². The Morgan fingerprint density at radius 1 is 1.04 bits per heavy atom. The summed E-state index contributed by atoms with van der Waals surface area (Å²) in [6, 6.07) is 6.46. The molecule has 0 bridgehead atoms. The molecule has 0 unspecified atom stereocenters. The van der Waals surface area contributed by atoms with E-state index in [9.17, 15) is 13.2 Å². The second-order valence-corrected chi connectivity index (χ2v) is 4.80. The van der Waals surface area contributed by atoms with E-state index in [4.69, 9.17) is 0 Å². The summed E-state index contributed by atoms with van der Waals surface area (Å²) < 4.78 is 43.5. The van der Waals surface area contributed by atoms with Crippen molar-refractivity contribution in [2.24, 2.45) is 0 Å². The molecule has 0 saturated heterocycles. The quantitative estimate of drug-likeness (QED) is 0.561. The summed E-state index contributed by atoms with van der Waals surface area (Å²) in [5.74, 6) is -1.57. The van der Waals surface area contributed by atoms with Crippen molar-refractivity contribution in [3.05, 3.63) is 48.7 Å². The van der Waals surface area contributed by atoms with Crippen LogP contribution in [0.3, 0.4) is 0 Å². The van der Waals surface area contributed by atoms with Crippen molar-refractivity contribution in [2.75, 3.05) is 0 Å². The predicted molar refractivity (Wildman–Crippen MR) is 74.5 cm³/mol. The van der Waals surface area contributed by atoms with Gasteiger partial charge in [-0.05, 0) is 18.2 Å². The van der Waals surface area contributed by atoms with Gasteiger partial charge in [-0.3, -0.25) is 4.98 Å². The number of aromatic nitrogens is 6. The Labute approximate surface area is 131 Å². The highest BCUT2D eigenvalue weighted by Crippen LogP contribution is 2.30. The minimum Gasteiger partial charge on any atom is -0.329 e. The zero-order valence-corrected chi connectivity index (χ0v) is 11.8. The molecule has 7 nitrogen and oxygen atoms in total. The highest BCUT2D eigenvalue weighted by atomic mass is 19.4. The summed E-state index contributed by atoms with van der Waals surface area (Å²) in [6.45, 7) is 0. The Hall–Kier alpha value is -3.30. The van der Waals surface area contributed by atoms with Crippen LogP contribution in [-0.4, -0.2) is 29.7 Å². The van der Waals surface area contributed by atoms with Crippen LogP contribution in [0, 0.1) is 0 Å². The highest BCUT2D eigenvalue weighted by molar-refractivity contribution is 5.66. The van der Waals surface area contributed by atoms with Crippen molar-refractivity contribution in [1.82, 2.24) is 29.7 Å². The molecule has 10 heteroatoms. The molecule has 0 fully saturated rings. The molecule has 4 aromatic heterocycles. The third-order valence-electron chi connectivity index (χ3n) is 3.19. The van der Waals surface area contributed by atoms with Gasteiger partial charge in [0.2, 0.25) is 5.82 Å². The molecule has 4 heterocycles.